The molecule has 2 aliphatic rings. The molecule has 0 atom stereocenters. The lowest BCUT2D eigenvalue weighted by Gasteiger charge is -2.41. The molecule has 6 nitrogen and oxygen atoms in total. The summed E-state index contributed by atoms with van der Waals surface area (Å²) in [5.74, 6) is -0.782. The fourth-order valence-corrected chi connectivity index (χ4v) is 3.14. The lowest BCUT2D eigenvalue weighted by atomic mass is 9.71. The Kier molecular flexibility index (Phi) is 3.45. The zero-order valence-electron chi connectivity index (χ0n) is 11.7. The van der Waals surface area contributed by atoms with Gasteiger partial charge in [-0.25, -0.2) is 4.79 Å². The van der Waals surface area contributed by atoms with Crippen LogP contribution in [0, 0.1) is 5.41 Å². The lowest BCUT2D eigenvalue weighted by Crippen LogP contribution is -2.63. The Hall–Kier alpha value is -2.24. The van der Waals surface area contributed by atoms with Crippen LogP contribution in [0.2, 0.25) is 0 Å². The number of carbonyl (C=O) groups is 3. The van der Waals surface area contributed by atoms with Crippen LogP contribution >= 0.6 is 0 Å². The van der Waals surface area contributed by atoms with E-state index in [1.54, 1.807) is 24.5 Å². The molecule has 1 aromatic heterocycles. The van der Waals surface area contributed by atoms with Crippen molar-refractivity contribution < 1.29 is 14.4 Å². The van der Waals surface area contributed by atoms with Gasteiger partial charge in [-0.2, -0.15) is 0 Å². The highest BCUT2D eigenvalue weighted by molar-refractivity contribution is 6.19. The third-order valence-corrected chi connectivity index (χ3v) is 4.35. The molecule has 1 saturated heterocycles. The number of hydrogen-bond donors (Lipinski definition) is 1. The standard InChI is InChI=1S/C15H17N3O3/c19-12-15(6-2-1-3-7-15)13(20)18(14(21)17-12)10-11-4-8-16-9-5-11/h4-5,8-9H,1-3,6-7,10H2,(H,17,19,21). The molecule has 4 amide bonds. The van der Waals surface area contributed by atoms with Gasteiger partial charge in [0.1, 0.15) is 5.41 Å². The number of aromatic nitrogens is 1. The van der Waals surface area contributed by atoms with Crippen molar-refractivity contribution in [3.8, 4) is 0 Å². The Morgan fingerprint density at radius 2 is 1.76 bits per heavy atom. The van der Waals surface area contributed by atoms with E-state index in [1.165, 1.54) is 0 Å². The summed E-state index contributed by atoms with van der Waals surface area (Å²) in [4.78, 5) is 42.0. The van der Waals surface area contributed by atoms with Gasteiger partial charge in [-0.05, 0) is 30.5 Å². The molecule has 1 aliphatic carbocycles. The Balaban J connectivity index is 1.88. The molecule has 1 spiro atoms. The van der Waals surface area contributed by atoms with Gasteiger partial charge in [-0.3, -0.25) is 24.8 Å². The van der Waals surface area contributed by atoms with Gasteiger partial charge >= 0.3 is 6.03 Å². The quantitative estimate of drug-likeness (QED) is 0.838. The predicted octanol–water partition coefficient (Wildman–Crippen LogP) is 1.61. The van der Waals surface area contributed by atoms with Gasteiger partial charge in [0.05, 0.1) is 6.54 Å². The summed E-state index contributed by atoms with van der Waals surface area (Å²) < 4.78 is 0. The van der Waals surface area contributed by atoms with Crippen LogP contribution in [-0.4, -0.2) is 27.7 Å². The number of amides is 4. The second-order valence-electron chi connectivity index (χ2n) is 5.65. The fourth-order valence-electron chi connectivity index (χ4n) is 3.14. The maximum atomic E-state index is 12.8. The van der Waals surface area contributed by atoms with Crippen LogP contribution < -0.4 is 5.32 Å². The van der Waals surface area contributed by atoms with E-state index in [0.717, 1.165) is 29.7 Å². The van der Waals surface area contributed by atoms with Crippen LogP contribution in [0.4, 0.5) is 4.79 Å². The minimum absolute atomic E-state index is 0.169. The number of hydrogen-bond acceptors (Lipinski definition) is 4. The number of urea groups is 1. The maximum absolute atomic E-state index is 12.8. The van der Waals surface area contributed by atoms with Gasteiger partial charge in [-0.1, -0.05) is 19.3 Å². The smallest absolute Gasteiger partial charge is 0.277 e. The van der Waals surface area contributed by atoms with Gasteiger partial charge in [0.15, 0.2) is 0 Å². The summed E-state index contributed by atoms with van der Waals surface area (Å²) >= 11 is 0. The number of carbonyl (C=O) groups excluding carboxylic acids is 3. The van der Waals surface area contributed by atoms with Crippen molar-refractivity contribution in [3.63, 3.8) is 0 Å². The number of rotatable bonds is 2. The van der Waals surface area contributed by atoms with Gasteiger partial charge in [-0.15, -0.1) is 0 Å². The van der Waals surface area contributed by atoms with E-state index >= 15 is 0 Å². The molecule has 1 N–H and O–H groups in total. The molecule has 21 heavy (non-hydrogen) atoms. The Morgan fingerprint density at radius 1 is 1.10 bits per heavy atom. The van der Waals surface area contributed by atoms with Crippen molar-refractivity contribution in [3.05, 3.63) is 30.1 Å². The molecule has 2 fully saturated rings. The summed E-state index contributed by atoms with van der Waals surface area (Å²) in [7, 11) is 0. The van der Waals surface area contributed by atoms with Crippen molar-refractivity contribution in [2.75, 3.05) is 0 Å². The topological polar surface area (TPSA) is 79.4 Å². The summed E-state index contributed by atoms with van der Waals surface area (Å²) in [6, 6.07) is 2.88. The first-order valence-corrected chi connectivity index (χ1v) is 7.20. The van der Waals surface area contributed by atoms with E-state index < -0.39 is 17.4 Å². The second-order valence-corrected chi connectivity index (χ2v) is 5.65. The minimum Gasteiger partial charge on any atom is -0.277 e. The number of nitrogens with one attached hydrogen (secondary N) is 1. The predicted molar refractivity (Wildman–Crippen MR) is 73.8 cm³/mol. The van der Waals surface area contributed by atoms with Crippen molar-refractivity contribution in [2.24, 2.45) is 5.41 Å². The number of barbiturate groups is 1. The first-order valence-electron chi connectivity index (χ1n) is 7.20. The molecule has 110 valence electrons. The van der Waals surface area contributed by atoms with Crippen LogP contribution in [0.3, 0.4) is 0 Å². The zero-order valence-corrected chi connectivity index (χ0v) is 11.7. The molecule has 2 heterocycles. The number of pyridine rings is 1. The Morgan fingerprint density at radius 3 is 2.43 bits per heavy atom. The van der Waals surface area contributed by atoms with Gasteiger partial charge in [0.2, 0.25) is 11.8 Å². The molecule has 0 radical (unpaired) electrons. The molecule has 0 aromatic carbocycles. The van der Waals surface area contributed by atoms with Crippen LogP contribution in [0.15, 0.2) is 24.5 Å². The van der Waals surface area contributed by atoms with Crippen LogP contribution in [-0.2, 0) is 16.1 Å². The Labute approximate surface area is 122 Å². The fraction of sp³-hybridized carbons (Fsp3) is 0.467. The number of imide groups is 2. The van der Waals surface area contributed by atoms with Crippen molar-refractivity contribution in [1.29, 1.82) is 0 Å². The molecule has 6 heteroatoms. The molecule has 0 bridgehead atoms. The van der Waals surface area contributed by atoms with Crippen molar-refractivity contribution in [1.82, 2.24) is 15.2 Å². The van der Waals surface area contributed by atoms with Gasteiger partial charge in [0, 0.05) is 12.4 Å². The SMILES string of the molecule is O=C1NC(=O)C2(CCCCC2)C(=O)N1Cc1ccncc1. The summed E-state index contributed by atoms with van der Waals surface area (Å²) in [6.07, 6.45) is 7.00. The average Bonchev–Trinajstić information content (AvgIpc) is 2.52. The zero-order chi connectivity index (χ0) is 14.9. The molecule has 1 saturated carbocycles. The van der Waals surface area contributed by atoms with E-state index in [4.69, 9.17) is 0 Å². The lowest BCUT2D eigenvalue weighted by molar-refractivity contribution is -0.154. The van der Waals surface area contributed by atoms with Crippen LogP contribution in [0.25, 0.3) is 0 Å². The van der Waals surface area contributed by atoms with Crippen LogP contribution in [0.5, 0.6) is 0 Å². The van der Waals surface area contributed by atoms with E-state index in [9.17, 15) is 14.4 Å². The highest BCUT2D eigenvalue weighted by Crippen LogP contribution is 2.40. The summed E-state index contributed by atoms with van der Waals surface area (Å²) in [5, 5.41) is 2.35. The van der Waals surface area contributed by atoms with Crippen molar-refractivity contribution >= 4 is 17.8 Å². The molecule has 0 unspecified atom stereocenters. The van der Waals surface area contributed by atoms with Crippen molar-refractivity contribution in [2.45, 2.75) is 38.6 Å². The van der Waals surface area contributed by atoms with Gasteiger partial charge in [0.25, 0.3) is 0 Å². The third-order valence-electron chi connectivity index (χ3n) is 4.35. The maximum Gasteiger partial charge on any atom is 0.331 e. The molecule has 1 aliphatic heterocycles. The van der Waals surface area contributed by atoms with E-state index in [1.807, 2.05) is 0 Å². The summed E-state index contributed by atoms with van der Waals surface area (Å²) in [6.45, 7) is 0.169. The van der Waals surface area contributed by atoms with Crippen LogP contribution in [0.1, 0.15) is 37.7 Å². The van der Waals surface area contributed by atoms with E-state index in [-0.39, 0.29) is 12.5 Å². The first-order chi connectivity index (χ1) is 10.1. The Bertz CT molecular complexity index is 579. The average molecular weight is 287 g/mol. The highest BCUT2D eigenvalue weighted by atomic mass is 16.2. The minimum atomic E-state index is -1.04. The summed E-state index contributed by atoms with van der Waals surface area (Å²) in [5.41, 5.74) is -0.229. The molecule has 3 rings (SSSR count). The monoisotopic (exact) mass is 287 g/mol. The molecule has 1 aromatic rings. The second kappa shape index (κ2) is 5.27. The van der Waals surface area contributed by atoms with Gasteiger partial charge < -0.3 is 0 Å². The number of nitrogens with zero attached hydrogens (tertiary/aromatic N) is 2. The van der Waals surface area contributed by atoms with E-state index in [0.29, 0.717) is 12.8 Å². The van der Waals surface area contributed by atoms with E-state index in [2.05, 4.69) is 10.3 Å². The third kappa shape index (κ3) is 2.30. The largest absolute Gasteiger partial charge is 0.331 e. The first kappa shape index (κ1) is 13.7. The molecular weight excluding hydrogens is 270 g/mol. The highest BCUT2D eigenvalue weighted by Gasteiger charge is 2.53. The molecular formula is C15H17N3O3. The normalized spacial score (nSPS) is 21.5.